The van der Waals surface area contributed by atoms with Crippen molar-refractivity contribution in [3.8, 4) is 22.6 Å². The lowest BCUT2D eigenvalue weighted by atomic mass is 9.93. The van der Waals surface area contributed by atoms with Crippen molar-refractivity contribution in [2.45, 2.75) is 44.8 Å². The fourth-order valence-electron chi connectivity index (χ4n) is 4.42. The van der Waals surface area contributed by atoms with Crippen LogP contribution in [0.2, 0.25) is 0 Å². The van der Waals surface area contributed by atoms with Crippen molar-refractivity contribution in [3.63, 3.8) is 0 Å². The first-order chi connectivity index (χ1) is 16.0. The van der Waals surface area contributed by atoms with Gasteiger partial charge in [-0.15, -0.1) is 0 Å². The molecule has 0 aliphatic heterocycles. The lowest BCUT2D eigenvalue weighted by Crippen LogP contribution is -2.39. The van der Waals surface area contributed by atoms with E-state index >= 15 is 0 Å². The molecular formula is C24H27N7O2. The fourth-order valence-corrected chi connectivity index (χ4v) is 4.42. The van der Waals surface area contributed by atoms with E-state index in [9.17, 15) is 4.79 Å². The van der Waals surface area contributed by atoms with Crippen molar-refractivity contribution in [1.29, 1.82) is 0 Å². The number of hydrogen-bond donors (Lipinski definition) is 3. The number of imidazole rings is 1. The molecule has 0 bridgehead atoms. The zero-order valence-corrected chi connectivity index (χ0v) is 18.7. The number of amides is 1. The van der Waals surface area contributed by atoms with Crippen LogP contribution in [0.15, 0.2) is 42.9 Å². The van der Waals surface area contributed by atoms with Gasteiger partial charge in [0.25, 0.3) is 5.91 Å². The Balaban J connectivity index is 1.53. The highest BCUT2D eigenvalue weighted by Crippen LogP contribution is 2.30. The van der Waals surface area contributed by atoms with Crippen molar-refractivity contribution in [2.24, 2.45) is 0 Å². The summed E-state index contributed by atoms with van der Waals surface area (Å²) in [6, 6.07) is 7.72. The summed E-state index contributed by atoms with van der Waals surface area (Å²) in [5, 5.41) is 3.09. The summed E-state index contributed by atoms with van der Waals surface area (Å²) < 4.78 is 7.42. The molecule has 170 valence electrons. The van der Waals surface area contributed by atoms with Crippen molar-refractivity contribution in [1.82, 2.24) is 29.7 Å². The molecule has 4 heterocycles. The predicted octanol–water partition coefficient (Wildman–Crippen LogP) is 3.36. The van der Waals surface area contributed by atoms with Gasteiger partial charge >= 0.3 is 0 Å². The Morgan fingerprint density at radius 1 is 1.18 bits per heavy atom. The third kappa shape index (κ3) is 4.07. The molecular weight excluding hydrogens is 418 g/mol. The maximum Gasteiger partial charge on any atom is 0.273 e. The second kappa shape index (κ2) is 8.67. The van der Waals surface area contributed by atoms with Gasteiger partial charge in [0.15, 0.2) is 11.5 Å². The van der Waals surface area contributed by atoms with Gasteiger partial charge in [-0.05, 0) is 56.9 Å². The number of nitrogens with two attached hydrogens (primary N) is 1. The summed E-state index contributed by atoms with van der Waals surface area (Å²) in [5.74, 6) is -0.202. The smallest absolute Gasteiger partial charge is 0.273 e. The number of methoxy groups -OCH3 is 1. The fraction of sp³-hybridized carbons (Fsp3) is 0.333. The molecule has 0 atom stereocenters. The number of hydrogen-bond acceptors (Lipinski definition) is 6. The minimum atomic E-state index is -0.306. The topological polar surface area (TPSA) is 123 Å². The molecule has 0 spiro atoms. The molecule has 0 radical (unpaired) electrons. The number of anilines is 1. The average molecular weight is 446 g/mol. The number of aromatic nitrogens is 5. The molecule has 1 fully saturated rings. The number of aryl methyl sites for hydroxylation is 1. The Kier molecular flexibility index (Phi) is 5.55. The first kappa shape index (κ1) is 21.1. The lowest BCUT2D eigenvalue weighted by Gasteiger charge is -2.28. The summed E-state index contributed by atoms with van der Waals surface area (Å²) in [4.78, 5) is 30.0. The Morgan fingerprint density at radius 2 is 2.00 bits per heavy atom. The van der Waals surface area contributed by atoms with Crippen LogP contribution in [0, 0.1) is 6.92 Å². The van der Waals surface area contributed by atoms with Crippen LogP contribution in [0.25, 0.3) is 28.3 Å². The first-order valence-electron chi connectivity index (χ1n) is 11.1. The largest absolute Gasteiger partial charge is 0.382 e. The average Bonchev–Trinajstić information content (AvgIpc) is 3.49. The van der Waals surface area contributed by atoms with E-state index in [4.69, 9.17) is 15.5 Å². The molecule has 0 aromatic carbocycles. The highest BCUT2D eigenvalue weighted by molar-refractivity contribution is 5.98. The zero-order chi connectivity index (χ0) is 22.9. The summed E-state index contributed by atoms with van der Waals surface area (Å²) in [6.07, 6.45) is 9.42. The van der Waals surface area contributed by atoms with Gasteiger partial charge in [-0.25, -0.2) is 15.0 Å². The molecule has 1 saturated carbocycles. The summed E-state index contributed by atoms with van der Waals surface area (Å²) in [6.45, 7) is 1.99. The van der Waals surface area contributed by atoms with Crippen molar-refractivity contribution < 1.29 is 9.53 Å². The van der Waals surface area contributed by atoms with E-state index in [1.165, 1.54) is 0 Å². The van der Waals surface area contributed by atoms with Gasteiger partial charge in [0.2, 0.25) is 0 Å². The van der Waals surface area contributed by atoms with E-state index in [2.05, 4.69) is 20.3 Å². The van der Waals surface area contributed by atoms with E-state index in [1.54, 1.807) is 7.11 Å². The van der Waals surface area contributed by atoms with Crippen LogP contribution >= 0.6 is 0 Å². The van der Waals surface area contributed by atoms with Crippen molar-refractivity contribution in [2.75, 3.05) is 12.8 Å². The zero-order valence-electron chi connectivity index (χ0n) is 18.7. The van der Waals surface area contributed by atoms with Crippen LogP contribution in [0.3, 0.4) is 0 Å². The molecule has 1 amide bonds. The molecule has 5 rings (SSSR count). The Morgan fingerprint density at radius 3 is 2.73 bits per heavy atom. The van der Waals surface area contributed by atoms with Crippen LogP contribution in [-0.2, 0) is 4.74 Å². The highest BCUT2D eigenvalue weighted by Gasteiger charge is 2.25. The molecule has 1 aliphatic carbocycles. The predicted molar refractivity (Wildman–Crippen MR) is 126 cm³/mol. The van der Waals surface area contributed by atoms with Gasteiger partial charge in [0.1, 0.15) is 17.0 Å². The molecule has 9 nitrogen and oxygen atoms in total. The number of carbonyl (C=O) groups excluding carboxylic acids is 1. The van der Waals surface area contributed by atoms with E-state index in [0.29, 0.717) is 11.4 Å². The molecule has 33 heavy (non-hydrogen) atoms. The first-order valence-corrected chi connectivity index (χ1v) is 11.1. The van der Waals surface area contributed by atoms with Crippen LogP contribution in [0.4, 0.5) is 5.82 Å². The van der Waals surface area contributed by atoms with Crippen molar-refractivity contribution >= 4 is 17.4 Å². The SMILES string of the molecule is COC1CCC(NC(=O)c2nc(-c3ccc4ncc(C)n4c3)c(-c3ccc[nH]3)nc2N)CC1. The molecule has 1 aliphatic rings. The van der Waals surface area contributed by atoms with Crippen LogP contribution in [0.5, 0.6) is 0 Å². The van der Waals surface area contributed by atoms with Gasteiger partial charge in [0.05, 0.1) is 11.8 Å². The third-order valence-electron chi connectivity index (χ3n) is 6.30. The molecule has 4 aromatic rings. The lowest BCUT2D eigenvalue weighted by molar-refractivity contribution is 0.0598. The Labute approximate surface area is 191 Å². The number of ether oxygens (including phenoxy) is 1. The summed E-state index contributed by atoms with van der Waals surface area (Å²) in [7, 11) is 1.73. The monoisotopic (exact) mass is 445 g/mol. The summed E-state index contributed by atoms with van der Waals surface area (Å²) in [5.41, 5.74) is 11.0. The number of pyridine rings is 1. The van der Waals surface area contributed by atoms with Gasteiger partial charge in [-0.1, -0.05) is 0 Å². The second-order valence-electron chi connectivity index (χ2n) is 8.47. The summed E-state index contributed by atoms with van der Waals surface area (Å²) >= 11 is 0. The standard InChI is InChI=1S/C24H27N7O2/c1-14-12-27-19-10-5-15(13-31(14)19)20-21(18-4-3-11-26-18)30-23(25)22(29-20)24(32)28-16-6-8-17(33-2)9-7-16/h3-5,10-13,16-17,26H,6-9H2,1-2H3,(H2,25,30)(H,28,32). The minimum absolute atomic E-state index is 0.0709. The quantitative estimate of drug-likeness (QED) is 0.433. The van der Waals surface area contributed by atoms with Gasteiger partial charge in [-0.3, -0.25) is 4.79 Å². The highest BCUT2D eigenvalue weighted by atomic mass is 16.5. The number of nitrogen functional groups attached to an aromatic ring is 1. The van der Waals surface area contributed by atoms with Crippen LogP contribution in [0.1, 0.15) is 41.9 Å². The van der Waals surface area contributed by atoms with Crippen LogP contribution < -0.4 is 11.1 Å². The Bertz CT molecular complexity index is 1290. The van der Waals surface area contributed by atoms with E-state index in [1.807, 2.05) is 54.2 Å². The van der Waals surface area contributed by atoms with Crippen LogP contribution in [-0.4, -0.2) is 49.5 Å². The molecule has 4 aromatic heterocycles. The molecule has 0 unspecified atom stereocenters. The maximum atomic E-state index is 13.1. The molecule has 9 heteroatoms. The Hall–Kier alpha value is -3.72. The van der Waals surface area contributed by atoms with Crippen molar-refractivity contribution in [3.05, 3.63) is 54.2 Å². The van der Waals surface area contributed by atoms with E-state index in [0.717, 1.165) is 48.3 Å². The minimum Gasteiger partial charge on any atom is -0.382 e. The number of H-pyrrole nitrogens is 1. The molecule has 0 saturated heterocycles. The van der Waals surface area contributed by atoms with Gasteiger partial charge < -0.3 is 25.2 Å². The third-order valence-corrected chi connectivity index (χ3v) is 6.30. The number of aromatic amines is 1. The number of rotatable bonds is 5. The number of carbonyl (C=O) groups is 1. The normalized spacial score (nSPS) is 18.5. The van der Waals surface area contributed by atoms with Gasteiger partial charge in [0, 0.05) is 43.0 Å². The van der Waals surface area contributed by atoms with Gasteiger partial charge in [-0.2, -0.15) is 0 Å². The number of nitrogens with zero attached hydrogens (tertiary/aromatic N) is 4. The van der Waals surface area contributed by atoms with E-state index < -0.39 is 0 Å². The second-order valence-corrected chi connectivity index (χ2v) is 8.47. The number of nitrogens with one attached hydrogen (secondary N) is 2. The van der Waals surface area contributed by atoms with E-state index in [-0.39, 0.29) is 29.6 Å². The maximum absolute atomic E-state index is 13.1. The number of fused-ring (bicyclic) bond motifs is 1. The molecule has 4 N–H and O–H groups in total.